The maximum Gasteiger partial charge on any atom is 0.255 e. The van der Waals surface area contributed by atoms with Crippen molar-refractivity contribution in [2.75, 3.05) is 11.9 Å². The van der Waals surface area contributed by atoms with Crippen LogP contribution < -0.4 is 10.1 Å². The normalized spacial score (nSPS) is 13.0. The molecule has 22 heavy (non-hydrogen) atoms. The average Bonchev–Trinajstić information content (AvgIpc) is 2.49. The van der Waals surface area contributed by atoms with Crippen molar-refractivity contribution in [3.63, 3.8) is 0 Å². The first-order valence-corrected chi connectivity index (χ1v) is 7.59. The summed E-state index contributed by atoms with van der Waals surface area (Å²) in [5.74, 6) is -0.0688. The summed E-state index contributed by atoms with van der Waals surface area (Å²) < 4.78 is 19.5. The molecule has 3 nitrogen and oxygen atoms in total. The molecule has 0 spiro atoms. The zero-order valence-electron chi connectivity index (χ0n) is 11.2. The van der Waals surface area contributed by atoms with Gasteiger partial charge in [-0.3, -0.25) is 4.79 Å². The van der Waals surface area contributed by atoms with Crippen molar-refractivity contribution in [2.24, 2.45) is 0 Å². The number of hydrogen-bond acceptors (Lipinski definition) is 2. The first-order chi connectivity index (χ1) is 10.5. The van der Waals surface area contributed by atoms with E-state index in [4.69, 9.17) is 16.3 Å². The predicted molar refractivity (Wildman–Crippen MR) is 87.7 cm³/mol. The van der Waals surface area contributed by atoms with Gasteiger partial charge in [-0.05, 0) is 42.5 Å². The van der Waals surface area contributed by atoms with Gasteiger partial charge in [0.15, 0.2) is 0 Å². The van der Waals surface area contributed by atoms with E-state index in [9.17, 15) is 9.18 Å². The third-order valence-electron chi connectivity index (χ3n) is 3.16. The van der Waals surface area contributed by atoms with Crippen LogP contribution in [-0.4, -0.2) is 12.5 Å². The topological polar surface area (TPSA) is 38.3 Å². The first kappa shape index (κ1) is 15.1. The van der Waals surface area contributed by atoms with Gasteiger partial charge in [0.2, 0.25) is 0 Å². The highest BCUT2D eigenvalue weighted by Crippen LogP contribution is 2.30. The van der Waals surface area contributed by atoms with Gasteiger partial charge in [-0.2, -0.15) is 0 Å². The van der Waals surface area contributed by atoms with Crippen molar-refractivity contribution in [3.8, 4) is 5.75 Å². The molecule has 2 aromatic rings. The van der Waals surface area contributed by atoms with E-state index >= 15 is 0 Å². The molecule has 0 saturated carbocycles. The van der Waals surface area contributed by atoms with Crippen LogP contribution in [-0.2, 0) is 4.79 Å². The molecule has 0 bridgehead atoms. The van der Waals surface area contributed by atoms with E-state index in [2.05, 4.69) is 21.2 Å². The molecule has 0 atom stereocenters. The van der Waals surface area contributed by atoms with Gasteiger partial charge < -0.3 is 10.1 Å². The maximum atomic E-state index is 13.0. The molecule has 2 aromatic carbocycles. The lowest BCUT2D eigenvalue weighted by atomic mass is 10.1. The van der Waals surface area contributed by atoms with Crippen LogP contribution in [0.25, 0.3) is 6.08 Å². The van der Waals surface area contributed by atoms with Crippen molar-refractivity contribution in [3.05, 3.63) is 62.8 Å². The number of nitrogens with one attached hydrogen (secondary N) is 1. The molecular weight excluding hydrogens is 373 g/mol. The molecule has 0 aromatic heterocycles. The third kappa shape index (κ3) is 3.15. The number of rotatable bonds is 2. The van der Waals surface area contributed by atoms with Crippen LogP contribution in [0.5, 0.6) is 5.75 Å². The van der Waals surface area contributed by atoms with Crippen molar-refractivity contribution in [2.45, 2.75) is 0 Å². The van der Waals surface area contributed by atoms with Crippen molar-refractivity contribution in [1.82, 2.24) is 0 Å². The summed E-state index contributed by atoms with van der Waals surface area (Å²) in [5.41, 5.74) is 1.64. The Kier molecular flexibility index (Phi) is 4.18. The minimum atomic E-state index is -0.456. The number of ether oxygens (including phenoxy) is 1. The van der Waals surface area contributed by atoms with Crippen molar-refractivity contribution in [1.29, 1.82) is 0 Å². The number of fused-ring (bicyclic) bond motifs is 1. The van der Waals surface area contributed by atoms with Crippen LogP contribution in [0.2, 0.25) is 5.02 Å². The Balaban J connectivity index is 1.84. The van der Waals surface area contributed by atoms with E-state index in [0.717, 1.165) is 21.9 Å². The lowest BCUT2D eigenvalue weighted by Crippen LogP contribution is -2.21. The number of halogens is 3. The fourth-order valence-electron chi connectivity index (χ4n) is 2.07. The van der Waals surface area contributed by atoms with Crippen molar-refractivity contribution < 1.29 is 13.9 Å². The molecule has 1 N–H and O–H groups in total. The van der Waals surface area contributed by atoms with Gasteiger partial charge in [-0.15, -0.1) is 0 Å². The van der Waals surface area contributed by atoms with E-state index in [1.54, 1.807) is 6.08 Å². The van der Waals surface area contributed by atoms with E-state index in [1.807, 2.05) is 18.2 Å². The molecule has 0 radical (unpaired) electrons. The Morgan fingerprint density at radius 3 is 2.86 bits per heavy atom. The second-order valence-corrected chi connectivity index (χ2v) is 6.04. The van der Waals surface area contributed by atoms with Crippen LogP contribution in [0.15, 0.2) is 46.4 Å². The standard InChI is InChI=1S/C16H10BrClFNO2/c17-11-1-4-15-9(6-11)5-10(8-22-15)16(21)20-14-3-2-12(19)7-13(14)18/h1-7H,8H2,(H,20,21). The number of anilines is 1. The van der Waals surface area contributed by atoms with Crippen LogP contribution in [0, 0.1) is 5.82 Å². The molecule has 0 fully saturated rings. The minimum Gasteiger partial charge on any atom is -0.488 e. The van der Waals surface area contributed by atoms with E-state index in [1.165, 1.54) is 12.1 Å². The Morgan fingerprint density at radius 1 is 1.27 bits per heavy atom. The van der Waals surface area contributed by atoms with Gasteiger partial charge in [0.1, 0.15) is 18.2 Å². The summed E-state index contributed by atoms with van der Waals surface area (Å²) >= 11 is 9.28. The minimum absolute atomic E-state index is 0.147. The second kappa shape index (κ2) is 6.10. The molecular formula is C16H10BrClFNO2. The second-order valence-electron chi connectivity index (χ2n) is 4.72. The van der Waals surface area contributed by atoms with Crippen LogP contribution in [0.4, 0.5) is 10.1 Å². The lowest BCUT2D eigenvalue weighted by molar-refractivity contribution is -0.113. The number of amides is 1. The SMILES string of the molecule is O=C(Nc1ccc(F)cc1Cl)C1=Cc2cc(Br)ccc2OC1. The fourth-order valence-corrected chi connectivity index (χ4v) is 2.67. The Labute approximate surface area is 139 Å². The number of hydrogen-bond donors (Lipinski definition) is 1. The summed E-state index contributed by atoms with van der Waals surface area (Å²) in [6.07, 6.45) is 1.76. The van der Waals surface area contributed by atoms with Crippen molar-refractivity contribution >= 4 is 45.2 Å². The van der Waals surface area contributed by atoms with Gasteiger partial charge in [-0.25, -0.2) is 4.39 Å². The number of carbonyl (C=O) groups excluding carboxylic acids is 1. The molecule has 6 heteroatoms. The van der Waals surface area contributed by atoms with E-state index < -0.39 is 5.82 Å². The summed E-state index contributed by atoms with van der Waals surface area (Å²) in [4.78, 5) is 12.3. The van der Waals surface area contributed by atoms with Gasteiger partial charge >= 0.3 is 0 Å². The first-order valence-electron chi connectivity index (χ1n) is 6.42. The van der Waals surface area contributed by atoms with Crippen LogP contribution in [0.3, 0.4) is 0 Å². The molecule has 0 unspecified atom stereocenters. The van der Waals surface area contributed by atoms with E-state index in [-0.39, 0.29) is 17.5 Å². The molecule has 1 heterocycles. The molecule has 1 aliphatic heterocycles. The molecule has 1 aliphatic rings. The zero-order chi connectivity index (χ0) is 15.7. The summed E-state index contributed by atoms with van der Waals surface area (Å²) in [6, 6.07) is 9.38. The fraction of sp³-hybridized carbons (Fsp3) is 0.0625. The summed E-state index contributed by atoms with van der Waals surface area (Å²) in [7, 11) is 0. The number of carbonyl (C=O) groups is 1. The summed E-state index contributed by atoms with van der Waals surface area (Å²) in [6.45, 7) is 0.166. The maximum absolute atomic E-state index is 13.0. The van der Waals surface area contributed by atoms with Crippen LogP contribution in [0.1, 0.15) is 5.56 Å². The smallest absolute Gasteiger partial charge is 0.255 e. The highest BCUT2D eigenvalue weighted by Gasteiger charge is 2.18. The van der Waals surface area contributed by atoms with E-state index in [0.29, 0.717) is 11.3 Å². The zero-order valence-corrected chi connectivity index (χ0v) is 13.5. The molecule has 112 valence electrons. The monoisotopic (exact) mass is 381 g/mol. The molecule has 0 saturated heterocycles. The highest BCUT2D eigenvalue weighted by atomic mass is 79.9. The quantitative estimate of drug-likeness (QED) is 0.820. The lowest BCUT2D eigenvalue weighted by Gasteiger charge is -2.18. The number of benzene rings is 2. The molecule has 1 amide bonds. The third-order valence-corrected chi connectivity index (χ3v) is 3.96. The average molecular weight is 383 g/mol. The Bertz CT molecular complexity index is 792. The largest absolute Gasteiger partial charge is 0.488 e. The van der Waals surface area contributed by atoms with Gasteiger partial charge in [0.25, 0.3) is 5.91 Å². The Hall–Kier alpha value is -1.85. The molecule has 0 aliphatic carbocycles. The molecule has 3 rings (SSSR count). The summed E-state index contributed by atoms with van der Waals surface area (Å²) in [5, 5.41) is 2.80. The predicted octanol–water partition coefficient (Wildman–Crippen LogP) is 4.66. The van der Waals surface area contributed by atoms with Gasteiger partial charge in [0, 0.05) is 10.0 Å². The van der Waals surface area contributed by atoms with Gasteiger partial charge in [0.05, 0.1) is 16.3 Å². The van der Waals surface area contributed by atoms with Crippen LogP contribution >= 0.6 is 27.5 Å². The highest BCUT2D eigenvalue weighted by molar-refractivity contribution is 9.10. The Morgan fingerprint density at radius 2 is 2.09 bits per heavy atom. The van der Waals surface area contributed by atoms with Gasteiger partial charge in [-0.1, -0.05) is 27.5 Å².